The molecule has 0 aliphatic carbocycles. The minimum Gasteiger partial charge on any atom is -0.465 e. The van der Waals surface area contributed by atoms with Crippen LogP contribution in [-0.2, 0) is 6.42 Å². The molecule has 2 saturated heterocycles. The molecule has 2 bridgehead atoms. The van der Waals surface area contributed by atoms with Crippen molar-refractivity contribution in [1.82, 2.24) is 4.90 Å². The minimum atomic E-state index is -0.876. The first-order valence-corrected chi connectivity index (χ1v) is 7.34. The van der Waals surface area contributed by atoms with E-state index in [1.165, 1.54) is 5.56 Å². The van der Waals surface area contributed by atoms with E-state index in [9.17, 15) is 15.0 Å². The van der Waals surface area contributed by atoms with Crippen molar-refractivity contribution in [2.24, 2.45) is 5.92 Å². The van der Waals surface area contributed by atoms with Crippen molar-refractivity contribution < 1.29 is 15.0 Å². The molecule has 4 heteroatoms. The van der Waals surface area contributed by atoms with E-state index in [1.54, 1.807) is 4.90 Å². The maximum Gasteiger partial charge on any atom is 0.408 e. The topological polar surface area (TPSA) is 60.8 Å². The summed E-state index contributed by atoms with van der Waals surface area (Å²) in [6, 6.07) is 10.3. The Bertz CT molecular complexity index is 490. The van der Waals surface area contributed by atoms with Crippen molar-refractivity contribution in [3.05, 3.63) is 35.9 Å². The number of hydrogen-bond acceptors (Lipinski definition) is 2. The number of amides is 1. The van der Waals surface area contributed by atoms with Crippen molar-refractivity contribution in [2.75, 3.05) is 6.61 Å². The molecule has 2 fully saturated rings. The first kappa shape index (κ1) is 13.4. The van der Waals surface area contributed by atoms with Crippen LogP contribution in [0.25, 0.3) is 0 Å². The lowest BCUT2D eigenvalue weighted by Gasteiger charge is -2.47. The second-order valence-electron chi connectivity index (χ2n) is 6.07. The number of fused-ring (bicyclic) bond motifs is 2. The maximum atomic E-state index is 11.6. The van der Waals surface area contributed by atoms with E-state index in [0.29, 0.717) is 0 Å². The molecule has 0 aromatic heterocycles. The molecule has 1 amide bonds. The second-order valence-corrected chi connectivity index (χ2v) is 6.07. The van der Waals surface area contributed by atoms with Crippen molar-refractivity contribution in [2.45, 2.75) is 43.7 Å². The predicted molar refractivity (Wildman–Crippen MR) is 75.6 cm³/mol. The van der Waals surface area contributed by atoms with E-state index in [1.807, 2.05) is 18.2 Å². The van der Waals surface area contributed by atoms with Crippen LogP contribution < -0.4 is 0 Å². The van der Waals surface area contributed by atoms with Gasteiger partial charge in [-0.15, -0.1) is 0 Å². The number of carbonyl (C=O) groups is 1. The molecule has 3 rings (SSSR count). The van der Waals surface area contributed by atoms with E-state index < -0.39 is 11.6 Å². The summed E-state index contributed by atoms with van der Waals surface area (Å²) in [5.41, 5.74) is 0.658. The van der Waals surface area contributed by atoms with Crippen molar-refractivity contribution in [3.8, 4) is 0 Å². The van der Waals surface area contributed by atoms with Gasteiger partial charge in [0.1, 0.15) is 0 Å². The van der Waals surface area contributed by atoms with Crippen molar-refractivity contribution in [3.63, 3.8) is 0 Å². The Morgan fingerprint density at radius 2 is 2.00 bits per heavy atom. The molecule has 2 aliphatic rings. The smallest absolute Gasteiger partial charge is 0.408 e. The SMILES string of the molecule is O=C(O)N1C2CCC(Cc3ccccc3)C1(CO)CC2. The fraction of sp³-hybridized carbons (Fsp3) is 0.562. The highest BCUT2D eigenvalue weighted by Crippen LogP contribution is 2.48. The Kier molecular flexibility index (Phi) is 3.42. The third kappa shape index (κ3) is 1.99. The lowest BCUT2D eigenvalue weighted by Crippen LogP contribution is -2.60. The first-order valence-electron chi connectivity index (χ1n) is 7.34. The van der Waals surface area contributed by atoms with Crippen LogP contribution in [0.4, 0.5) is 4.79 Å². The van der Waals surface area contributed by atoms with Crippen LogP contribution in [0.5, 0.6) is 0 Å². The van der Waals surface area contributed by atoms with E-state index >= 15 is 0 Å². The normalized spacial score (nSPS) is 32.4. The zero-order valence-electron chi connectivity index (χ0n) is 11.5. The van der Waals surface area contributed by atoms with Gasteiger partial charge in [-0.05, 0) is 43.6 Å². The molecule has 2 N–H and O–H groups in total. The van der Waals surface area contributed by atoms with Crippen molar-refractivity contribution >= 4 is 6.09 Å². The van der Waals surface area contributed by atoms with Gasteiger partial charge in [0.15, 0.2) is 0 Å². The van der Waals surface area contributed by atoms with E-state index in [4.69, 9.17) is 0 Å². The molecule has 3 unspecified atom stereocenters. The van der Waals surface area contributed by atoms with Crippen LogP contribution in [0.2, 0.25) is 0 Å². The highest BCUT2D eigenvalue weighted by atomic mass is 16.4. The first-order chi connectivity index (χ1) is 9.67. The van der Waals surface area contributed by atoms with Crippen LogP contribution in [-0.4, -0.2) is 39.4 Å². The summed E-state index contributed by atoms with van der Waals surface area (Å²) in [4.78, 5) is 13.2. The Hall–Kier alpha value is -1.55. The van der Waals surface area contributed by atoms with Crippen LogP contribution in [0.15, 0.2) is 30.3 Å². The molecular weight excluding hydrogens is 254 g/mol. The van der Waals surface area contributed by atoms with E-state index in [2.05, 4.69) is 12.1 Å². The van der Waals surface area contributed by atoms with Crippen LogP contribution in [0.3, 0.4) is 0 Å². The zero-order chi connectivity index (χ0) is 14.2. The van der Waals surface area contributed by atoms with E-state index in [-0.39, 0.29) is 18.6 Å². The van der Waals surface area contributed by atoms with Crippen LogP contribution >= 0.6 is 0 Å². The Balaban J connectivity index is 1.89. The quantitative estimate of drug-likeness (QED) is 0.891. The summed E-state index contributed by atoms with van der Waals surface area (Å²) in [5, 5.41) is 19.4. The lowest BCUT2D eigenvalue weighted by atomic mass is 9.75. The molecule has 2 aliphatic heterocycles. The van der Waals surface area contributed by atoms with Gasteiger partial charge in [0, 0.05) is 6.04 Å². The number of carboxylic acid groups (broad SMARTS) is 1. The molecule has 108 valence electrons. The molecule has 1 aromatic carbocycles. The minimum absolute atomic E-state index is 0.0622. The number of hydrogen-bond donors (Lipinski definition) is 2. The number of aliphatic hydroxyl groups excluding tert-OH is 1. The number of benzene rings is 1. The number of nitrogens with zero attached hydrogens (tertiary/aromatic N) is 1. The highest BCUT2D eigenvalue weighted by Gasteiger charge is 2.55. The van der Waals surface area contributed by atoms with Gasteiger partial charge in [-0.1, -0.05) is 30.3 Å². The Morgan fingerprint density at radius 3 is 2.65 bits per heavy atom. The molecule has 1 aromatic rings. The van der Waals surface area contributed by atoms with Gasteiger partial charge in [-0.3, -0.25) is 4.90 Å². The summed E-state index contributed by atoms with van der Waals surface area (Å²) >= 11 is 0. The van der Waals surface area contributed by atoms with Gasteiger partial charge in [-0.25, -0.2) is 4.79 Å². The third-order valence-electron chi connectivity index (χ3n) is 5.17. The molecule has 0 radical (unpaired) electrons. The van der Waals surface area contributed by atoms with Gasteiger partial charge in [-0.2, -0.15) is 0 Å². The number of rotatable bonds is 3. The molecule has 4 nitrogen and oxygen atoms in total. The fourth-order valence-corrected chi connectivity index (χ4v) is 4.19. The number of piperidine rings is 1. The standard InChI is InChI=1S/C16H21NO3/c18-11-16-9-8-14(17(16)15(19)20)7-6-13(16)10-12-4-2-1-3-5-12/h1-5,13-14,18H,6-11H2,(H,19,20). The average Bonchev–Trinajstić information content (AvgIpc) is 2.76. The van der Waals surface area contributed by atoms with Crippen molar-refractivity contribution in [1.29, 1.82) is 0 Å². The summed E-state index contributed by atoms with van der Waals surface area (Å²) < 4.78 is 0. The molecule has 3 atom stereocenters. The van der Waals surface area contributed by atoms with E-state index in [0.717, 1.165) is 32.1 Å². The third-order valence-corrected chi connectivity index (χ3v) is 5.17. The Morgan fingerprint density at radius 1 is 1.25 bits per heavy atom. The van der Waals surface area contributed by atoms with Gasteiger partial charge in [0.05, 0.1) is 12.1 Å². The summed E-state index contributed by atoms with van der Waals surface area (Å²) in [6.07, 6.45) is 3.57. The number of aliphatic hydroxyl groups is 1. The molecule has 0 saturated carbocycles. The maximum absolute atomic E-state index is 11.6. The fourth-order valence-electron chi connectivity index (χ4n) is 4.19. The zero-order valence-corrected chi connectivity index (χ0v) is 11.5. The predicted octanol–water partition coefficient (Wildman–Crippen LogP) is 2.51. The summed E-state index contributed by atoms with van der Waals surface area (Å²) in [5.74, 6) is 0.213. The molecule has 2 heterocycles. The molecule has 20 heavy (non-hydrogen) atoms. The van der Waals surface area contributed by atoms with Crippen LogP contribution in [0.1, 0.15) is 31.2 Å². The lowest BCUT2D eigenvalue weighted by molar-refractivity contribution is -0.0224. The monoisotopic (exact) mass is 275 g/mol. The highest BCUT2D eigenvalue weighted by molar-refractivity contribution is 5.67. The second kappa shape index (κ2) is 5.09. The summed E-state index contributed by atoms with van der Waals surface area (Å²) in [7, 11) is 0. The summed E-state index contributed by atoms with van der Waals surface area (Å²) in [6.45, 7) is -0.0622. The van der Waals surface area contributed by atoms with Gasteiger partial charge >= 0.3 is 6.09 Å². The van der Waals surface area contributed by atoms with Gasteiger partial charge in [0.25, 0.3) is 0 Å². The largest absolute Gasteiger partial charge is 0.465 e. The van der Waals surface area contributed by atoms with Gasteiger partial charge in [0.2, 0.25) is 0 Å². The average molecular weight is 275 g/mol. The molecular formula is C16H21NO3. The Labute approximate surface area is 119 Å². The molecule has 0 spiro atoms. The van der Waals surface area contributed by atoms with Crippen LogP contribution in [0, 0.1) is 5.92 Å². The van der Waals surface area contributed by atoms with Gasteiger partial charge < -0.3 is 10.2 Å².